The van der Waals surface area contributed by atoms with Crippen LogP contribution >= 0.6 is 11.6 Å². The minimum Gasteiger partial charge on any atom is -0.298 e. The van der Waals surface area contributed by atoms with E-state index in [0.717, 1.165) is 5.69 Å². The van der Waals surface area contributed by atoms with Crippen molar-refractivity contribution in [2.75, 3.05) is 5.88 Å². The molecule has 0 amide bonds. The van der Waals surface area contributed by atoms with Crippen LogP contribution in [-0.2, 0) is 11.2 Å². The fraction of sp³-hybridized carbons (Fsp3) is 0.375. The highest BCUT2D eigenvalue weighted by Gasteiger charge is 2.02. The lowest BCUT2D eigenvalue weighted by atomic mass is 10.2. The maximum atomic E-state index is 10.9. The zero-order chi connectivity index (χ0) is 8.97. The Hall–Kier alpha value is -0.960. The van der Waals surface area contributed by atoms with Gasteiger partial charge in [0.15, 0.2) is 5.78 Å². The molecular formula is C8H9ClN2O. The third kappa shape index (κ3) is 2.58. The largest absolute Gasteiger partial charge is 0.298 e. The average Bonchev–Trinajstić information content (AvgIpc) is 2.04. The molecule has 0 saturated heterocycles. The maximum absolute atomic E-state index is 10.9. The lowest BCUT2D eigenvalue weighted by molar-refractivity contribution is -0.116. The van der Waals surface area contributed by atoms with Crippen LogP contribution in [0.2, 0.25) is 0 Å². The van der Waals surface area contributed by atoms with Gasteiger partial charge in [0.2, 0.25) is 0 Å². The topological polar surface area (TPSA) is 42.9 Å². The SMILES string of the molecule is Cc1nccc(CC(=O)CCl)n1. The summed E-state index contributed by atoms with van der Waals surface area (Å²) in [4.78, 5) is 18.9. The van der Waals surface area contributed by atoms with Gasteiger partial charge in [-0.2, -0.15) is 0 Å². The first kappa shape index (κ1) is 9.13. The van der Waals surface area contributed by atoms with Crippen molar-refractivity contribution in [2.45, 2.75) is 13.3 Å². The Morgan fingerprint density at radius 2 is 2.42 bits per heavy atom. The van der Waals surface area contributed by atoms with E-state index in [1.807, 2.05) is 0 Å². The molecule has 0 aromatic carbocycles. The van der Waals surface area contributed by atoms with E-state index >= 15 is 0 Å². The molecule has 0 aliphatic heterocycles. The first-order valence-corrected chi connectivity index (χ1v) is 4.12. The quantitative estimate of drug-likeness (QED) is 0.662. The van der Waals surface area contributed by atoms with E-state index in [9.17, 15) is 4.79 Å². The summed E-state index contributed by atoms with van der Waals surface area (Å²) in [6.45, 7) is 1.79. The van der Waals surface area contributed by atoms with E-state index in [0.29, 0.717) is 12.2 Å². The van der Waals surface area contributed by atoms with Gasteiger partial charge in [0.1, 0.15) is 5.82 Å². The van der Waals surface area contributed by atoms with Gasteiger partial charge in [-0.3, -0.25) is 4.79 Å². The molecule has 0 N–H and O–H groups in total. The second-order valence-electron chi connectivity index (χ2n) is 2.44. The zero-order valence-corrected chi connectivity index (χ0v) is 7.51. The van der Waals surface area contributed by atoms with Crippen LogP contribution in [0.25, 0.3) is 0 Å². The van der Waals surface area contributed by atoms with E-state index in [1.165, 1.54) is 0 Å². The highest BCUT2D eigenvalue weighted by atomic mass is 35.5. The molecule has 0 aliphatic carbocycles. The Bertz CT molecular complexity index is 288. The number of nitrogens with zero attached hydrogens (tertiary/aromatic N) is 2. The molecule has 4 heteroatoms. The molecule has 1 heterocycles. The van der Waals surface area contributed by atoms with Gasteiger partial charge in [-0.25, -0.2) is 9.97 Å². The summed E-state index contributed by atoms with van der Waals surface area (Å²) in [7, 11) is 0. The predicted octanol–water partition coefficient (Wildman–Crippen LogP) is 1.14. The van der Waals surface area contributed by atoms with E-state index in [1.54, 1.807) is 19.2 Å². The van der Waals surface area contributed by atoms with Gasteiger partial charge in [-0.15, -0.1) is 11.6 Å². The second kappa shape index (κ2) is 4.16. The van der Waals surface area contributed by atoms with Crippen molar-refractivity contribution in [3.8, 4) is 0 Å². The molecule has 0 bridgehead atoms. The summed E-state index contributed by atoms with van der Waals surface area (Å²) in [5.41, 5.74) is 0.730. The third-order valence-electron chi connectivity index (χ3n) is 1.36. The number of Topliss-reactive ketones (excluding diaryl/α,β-unsaturated/α-hetero) is 1. The minimum atomic E-state index is -0.0187. The number of aryl methyl sites for hydroxylation is 1. The number of alkyl halides is 1. The molecule has 12 heavy (non-hydrogen) atoms. The summed E-state index contributed by atoms with van der Waals surface area (Å²) in [6.07, 6.45) is 1.94. The fourth-order valence-corrected chi connectivity index (χ4v) is 0.947. The van der Waals surface area contributed by atoms with Crippen LogP contribution in [0.1, 0.15) is 11.5 Å². The van der Waals surface area contributed by atoms with Gasteiger partial charge in [0, 0.05) is 6.20 Å². The Kier molecular flexibility index (Phi) is 3.17. The monoisotopic (exact) mass is 184 g/mol. The van der Waals surface area contributed by atoms with Crippen molar-refractivity contribution in [3.63, 3.8) is 0 Å². The van der Waals surface area contributed by atoms with Crippen molar-refractivity contribution in [3.05, 3.63) is 23.8 Å². The molecule has 0 saturated carbocycles. The van der Waals surface area contributed by atoms with Crippen LogP contribution in [0.3, 0.4) is 0 Å². The van der Waals surface area contributed by atoms with Crippen molar-refractivity contribution in [1.29, 1.82) is 0 Å². The van der Waals surface area contributed by atoms with Gasteiger partial charge in [0.05, 0.1) is 18.0 Å². The fourth-order valence-electron chi connectivity index (χ4n) is 0.853. The number of rotatable bonds is 3. The molecule has 3 nitrogen and oxygen atoms in total. The summed E-state index contributed by atoms with van der Waals surface area (Å²) in [5, 5.41) is 0. The lowest BCUT2D eigenvalue weighted by Crippen LogP contribution is -2.06. The van der Waals surface area contributed by atoms with Gasteiger partial charge < -0.3 is 0 Å². The summed E-state index contributed by atoms with van der Waals surface area (Å²) >= 11 is 5.35. The zero-order valence-electron chi connectivity index (χ0n) is 6.75. The van der Waals surface area contributed by atoms with E-state index in [4.69, 9.17) is 11.6 Å². The molecule has 1 aromatic heterocycles. The standard InChI is InChI=1S/C8H9ClN2O/c1-6-10-3-2-7(11-6)4-8(12)5-9/h2-3H,4-5H2,1H3. The van der Waals surface area contributed by atoms with Gasteiger partial charge >= 0.3 is 0 Å². The Morgan fingerprint density at radius 1 is 1.67 bits per heavy atom. The van der Waals surface area contributed by atoms with Crippen LogP contribution in [0.5, 0.6) is 0 Å². The lowest BCUT2D eigenvalue weighted by Gasteiger charge is -1.97. The number of ketones is 1. The van der Waals surface area contributed by atoms with E-state index in [2.05, 4.69) is 9.97 Å². The van der Waals surface area contributed by atoms with Gasteiger partial charge in [0.25, 0.3) is 0 Å². The molecule has 0 spiro atoms. The first-order chi connectivity index (χ1) is 5.72. The number of aromatic nitrogens is 2. The second-order valence-corrected chi connectivity index (χ2v) is 2.71. The number of carbonyl (C=O) groups is 1. The normalized spacial score (nSPS) is 9.83. The Morgan fingerprint density at radius 3 is 3.00 bits per heavy atom. The van der Waals surface area contributed by atoms with Crippen LogP contribution in [-0.4, -0.2) is 21.6 Å². The molecule has 64 valence electrons. The number of hydrogen-bond acceptors (Lipinski definition) is 3. The Balaban J connectivity index is 2.69. The van der Waals surface area contributed by atoms with Crippen molar-refractivity contribution >= 4 is 17.4 Å². The van der Waals surface area contributed by atoms with E-state index in [-0.39, 0.29) is 11.7 Å². The number of carbonyl (C=O) groups excluding carboxylic acids is 1. The molecule has 1 rings (SSSR count). The highest BCUT2D eigenvalue weighted by Crippen LogP contribution is 1.97. The molecule has 0 aliphatic rings. The van der Waals surface area contributed by atoms with Crippen LogP contribution in [0.15, 0.2) is 12.3 Å². The summed E-state index contributed by atoms with van der Waals surface area (Å²) < 4.78 is 0. The van der Waals surface area contributed by atoms with Crippen molar-refractivity contribution in [2.24, 2.45) is 0 Å². The predicted molar refractivity (Wildman–Crippen MR) is 46.2 cm³/mol. The summed E-state index contributed by atoms with van der Waals surface area (Å²) in [5.74, 6) is 0.702. The molecule has 0 atom stereocenters. The molecule has 1 aromatic rings. The molecular weight excluding hydrogens is 176 g/mol. The average molecular weight is 185 g/mol. The minimum absolute atomic E-state index is 0.0187. The highest BCUT2D eigenvalue weighted by molar-refractivity contribution is 6.27. The Labute approximate surface area is 75.8 Å². The number of halogens is 1. The smallest absolute Gasteiger partial charge is 0.153 e. The van der Waals surface area contributed by atoms with Crippen LogP contribution in [0.4, 0.5) is 0 Å². The van der Waals surface area contributed by atoms with Crippen molar-refractivity contribution in [1.82, 2.24) is 9.97 Å². The van der Waals surface area contributed by atoms with Gasteiger partial charge in [-0.05, 0) is 13.0 Å². The molecule has 0 unspecified atom stereocenters. The number of hydrogen-bond donors (Lipinski definition) is 0. The first-order valence-electron chi connectivity index (χ1n) is 3.58. The van der Waals surface area contributed by atoms with Gasteiger partial charge in [-0.1, -0.05) is 0 Å². The molecule has 0 radical (unpaired) electrons. The maximum Gasteiger partial charge on any atom is 0.153 e. The third-order valence-corrected chi connectivity index (χ3v) is 1.66. The van der Waals surface area contributed by atoms with Crippen LogP contribution < -0.4 is 0 Å². The molecule has 0 fully saturated rings. The summed E-state index contributed by atoms with van der Waals surface area (Å²) in [6, 6.07) is 1.72. The van der Waals surface area contributed by atoms with Crippen LogP contribution in [0, 0.1) is 6.92 Å². The van der Waals surface area contributed by atoms with Crippen molar-refractivity contribution < 1.29 is 4.79 Å². The van der Waals surface area contributed by atoms with E-state index < -0.39 is 0 Å².